The van der Waals surface area contributed by atoms with Crippen LogP contribution >= 0.6 is 11.8 Å². The summed E-state index contributed by atoms with van der Waals surface area (Å²) in [7, 11) is 1.66. The van der Waals surface area contributed by atoms with Crippen LogP contribution in [0.1, 0.15) is 23.3 Å². The molecule has 1 aliphatic rings. The average molecular weight is 475 g/mol. The highest BCUT2D eigenvalue weighted by molar-refractivity contribution is 7.99. The largest absolute Gasteiger partial charge is 0.497 e. The number of hydrogen-bond donors (Lipinski definition) is 0. The van der Waals surface area contributed by atoms with Crippen molar-refractivity contribution in [2.45, 2.75) is 31.5 Å². The van der Waals surface area contributed by atoms with E-state index in [9.17, 15) is 4.79 Å². The molecule has 0 aliphatic carbocycles. The van der Waals surface area contributed by atoms with E-state index >= 15 is 0 Å². The fraction of sp³-hybridized carbons (Fsp3) is 0.269. The minimum Gasteiger partial charge on any atom is -0.497 e. The number of rotatable bonds is 7. The van der Waals surface area contributed by atoms with Crippen LogP contribution in [0, 0.1) is 6.92 Å². The van der Waals surface area contributed by atoms with E-state index in [1.54, 1.807) is 13.4 Å². The van der Waals surface area contributed by atoms with E-state index in [0.717, 1.165) is 59.1 Å². The minimum absolute atomic E-state index is 0.0615. The van der Waals surface area contributed by atoms with Crippen molar-refractivity contribution in [2.24, 2.45) is 0 Å². The summed E-state index contributed by atoms with van der Waals surface area (Å²) in [6, 6.07) is 18.0. The molecule has 0 saturated heterocycles. The third-order valence-electron chi connectivity index (χ3n) is 6.03. The molecule has 3 heterocycles. The zero-order chi connectivity index (χ0) is 23.5. The zero-order valence-corrected chi connectivity index (χ0v) is 20.0. The summed E-state index contributed by atoms with van der Waals surface area (Å²) < 4.78 is 12.9. The molecule has 2 aromatic carbocycles. The van der Waals surface area contributed by atoms with Gasteiger partial charge in [-0.1, -0.05) is 42.1 Å². The second kappa shape index (κ2) is 9.77. The number of methoxy groups -OCH3 is 1. The maximum Gasteiger partial charge on any atom is 0.237 e. The molecule has 5 rings (SSSR count). The standard InChI is InChI=1S/C26H26N4O3S/c1-18-22(12-14-33-18)25-27-28-26(30(25)16-19-7-4-3-5-8-19)34-17-24(31)29-13-6-9-20-15-21(32-2)10-11-23(20)29/h3-5,7-8,10-12,14-15H,6,9,13,16-17H2,1-2H3. The lowest BCUT2D eigenvalue weighted by Crippen LogP contribution is -2.36. The molecule has 0 radical (unpaired) electrons. The van der Waals surface area contributed by atoms with Crippen molar-refractivity contribution in [3.05, 3.63) is 77.7 Å². The molecule has 0 saturated carbocycles. The number of aryl methyl sites for hydroxylation is 2. The maximum atomic E-state index is 13.2. The van der Waals surface area contributed by atoms with Crippen LogP contribution in [0.4, 0.5) is 5.69 Å². The van der Waals surface area contributed by atoms with Gasteiger partial charge in [-0.25, -0.2) is 0 Å². The normalized spacial score (nSPS) is 13.1. The molecule has 0 N–H and O–H groups in total. The Morgan fingerprint density at radius 3 is 2.76 bits per heavy atom. The van der Waals surface area contributed by atoms with Crippen molar-refractivity contribution in [2.75, 3.05) is 24.3 Å². The number of fused-ring (bicyclic) bond motifs is 1. The lowest BCUT2D eigenvalue weighted by molar-refractivity contribution is -0.116. The summed E-state index contributed by atoms with van der Waals surface area (Å²) in [5.74, 6) is 2.68. The molecule has 2 aromatic heterocycles. The number of nitrogens with zero attached hydrogens (tertiary/aromatic N) is 4. The molecule has 0 bridgehead atoms. The van der Waals surface area contributed by atoms with Gasteiger partial charge in [-0.3, -0.25) is 9.36 Å². The number of furan rings is 1. The molecule has 4 aromatic rings. The topological polar surface area (TPSA) is 73.4 Å². The van der Waals surface area contributed by atoms with Crippen molar-refractivity contribution in [3.8, 4) is 17.1 Å². The van der Waals surface area contributed by atoms with Gasteiger partial charge in [-0.05, 0) is 55.2 Å². The molecule has 0 spiro atoms. The molecule has 8 heteroatoms. The van der Waals surface area contributed by atoms with Crippen molar-refractivity contribution in [1.29, 1.82) is 0 Å². The highest BCUT2D eigenvalue weighted by Gasteiger charge is 2.24. The smallest absolute Gasteiger partial charge is 0.237 e. The number of anilines is 1. The molecular weight excluding hydrogens is 448 g/mol. The van der Waals surface area contributed by atoms with Gasteiger partial charge in [0.1, 0.15) is 11.5 Å². The number of ether oxygens (including phenoxy) is 1. The maximum absolute atomic E-state index is 13.2. The van der Waals surface area contributed by atoms with Gasteiger partial charge in [0.25, 0.3) is 0 Å². The fourth-order valence-corrected chi connectivity index (χ4v) is 5.10. The molecule has 174 valence electrons. The van der Waals surface area contributed by atoms with Gasteiger partial charge in [0, 0.05) is 12.2 Å². The molecule has 0 fully saturated rings. The van der Waals surface area contributed by atoms with Gasteiger partial charge < -0.3 is 14.1 Å². The van der Waals surface area contributed by atoms with Crippen LogP contribution in [0.15, 0.2) is 70.4 Å². The van der Waals surface area contributed by atoms with E-state index in [2.05, 4.69) is 26.9 Å². The Labute approximate surface area is 202 Å². The van der Waals surface area contributed by atoms with Crippen LogP contribution in [-0.4, -0.2) is 40.1 Å². The highest BCUT2D eigenvalue weighted by atomic mass is 32.2. The second-order valence-electron chi connectivity index (χ2n) is 8.20. The number of hydrogen-bond acceptors (Lipinski definition) is 6. The third-order valence-corrected chi connectivity index (χ3v) is 6.98. The lowest BCUT2D eigenvalue weighted by Gasteiger charge is -2.29. The Hall–Kier alpha value is -3.52. The predicted molar refractivity (Wildman–Crippen MR) is 132 cm³/mol. The van der Waals surface area contributed by atoms with Gasteiger partial charge in [0.05, 0.1) is 31.2 Å². The monoisotopic (exact) mass is 474 g/mol. The Kier molecular flexibility index (Phi) is 6.40. The molecule has 0 atom stereocenters. The number of benzene rings is 2. The molecule has 1 aliphatic heterocycles. The van der Waals surface area contributed by atoms with Crippen LogP contribution in [0.5, 0.6) is 5.75 Å². The summed E-state index contributed by atoms with van der Waals surface area (Å²) in [5, 5.41) is 9.60. The second-order valence-corrected chi connectivity index (χ2v) is 9.14. The van der Waals surface area contributed by atoms with Crippen molar-refractivity contribution in [1.82, 2.24) is 14.8 Å². The first kappa shape index (κ1) is 22.3. The van der Waals surface area contributed by atoms with E-state index < -0.39 is 0 Å². The van der Waals surface area contributed by atoms with Gasteiger partial charge in [-0.15, -0.1) is 10.2 Å². The summed E-state index contributed by atoms with van der Waals surface area (Å²) in [6.07, 6.45) is 3.54. The van der Waals surface area contributed by atoms with Gasteiger partial charge in [0.15, 0.2) is 11.0 Å². The summed E-state index contributed by atoms with van der Waals surface area (Å²) in [5.41, 5.74) is 4.16. The quantitative estimate of drug-likeness (QED) is 0.352. The Balaban J connectivity index is 1.38. The van der Waals surface area contributed by atoms with Crippen LogP contribution in [0.25, 0.3) is 11.4 Å². The summed E-state index contributed by atoms with van der Waals surface area (Å²) >= 11 is 1.42. The number of carbonyl (C=O) groups excluding carboxylic acids is 1. The number of amides is 1. The SMILES string of the molecule is COc1ccc2c(c1)CCCN2C(=O)CSc1nnc(-c2ccoc2C)n1Cc1ccccc1. The van der Waals surface area contributed by atoms with Crippen LogP contribution in [0.3, 0.4) is 0 Å². The van der Waals surface area contributed by atoms with E-state index in [1.807, 2.05) is 54.3 Å². The van der Waals surface area contributed by atoms with Crippen molar-refractivity contribution >= 4 is 23.4 Å². The van der Waals surface area contributed by atoms with Gasteiger partial charge >= 0.3 is 0 Å². The summed E-state index contributed by atoms with van der Waals surface area (Å²) in [4.78, 5) is 15.1. The molecule has 0 unspecified atom stereocenters. The highest BCUT2D eigenvalue weighted by Crippen LogP contribution is 2.32. The van der Waals surface area contributed by atoms with E-state index in [-0.39, 0.29) is 11.7 Å². The van der Waals surface area contributed by atoms with E-state index in [4.69, 9.17) is 9.15 Å². The number of carbonyl (C=O) groups is 1. The van der Waals surface area contributed by atoms with Gasteiger partial charge in [0.2, 0.25) is 5.91 Å². The molecular formula is C26H26N4O3S. The van der Waals surface area contributed by atoms with Crippen LogP contribution in [-0.2, 0) is 17.8 Å². The first-order valence-corrected chi connectivity index (χ1v) is 12.2. The molecule has 34 heavy (non-hydrogen) atoms. The van der Waals surface area contributed by atoms with Crippen molar-refractivity contribution < 1.29 is 13.9 Å². The summed E-state index contributed by atoms with van der Waals surface area (Å²) in [6.45, 7) is 3.24. The first-order chi connectivity index (χ1) is 16.6. The third kappa shape index (κ3) is 4.46. The van der Waals surface area contributed by atoms with Gasteiger partial charge in [-0.2, -0.15) is 0 Å². The fourth-order valence-electron chi connectivity index (χ4n) is 4.28. The predicted octanol–water partition coefficient (Wildman–Crippen LogP) is 4.97. The number of thioether (sulfide) groups is 1. The number of aromatic nitrogens is 3. The first-order valence-electron chi connectivity index (χ1n) is 11.3. The van der Waals surface area contributed by atoms with E-state index in [0.29, 0.717) is 11.7 Å². The Morgan fingerprint density at radius 1 is 1.15 bits per heavy atom. The van der Waals surface area contributed by atoms with Crippen molar-refractivity contribution in [3.63, 3.8) is 0 Å². The molecule has 7 nitrogen and oxygen atoms in total. The van der Waals surface area contributed by atoms with E-state index in [1.165, 1.54) is 11.8 Å². The zero-order valence-electron chi connectivity index (χ0n) is 19.2. The Bertz CT molecular complexity index is 1300. The average Bonchev–Trinajstić information content (AvgIpc) is 3.47. The van der Waals surface area contributed by atoms with Crippen LogP contribution in [0.2, 0.25) is 0 Å². The molecule has 1 amide bonds. The van der Waals surface area contributed by atoms with Crippen LogP contribution < -0.4 is 9.64 Å². The Morgan fingerprint density at radius 2 is 2.00 bits per heavy atom. The lowest BCUT2D eigenvalue weighted by atomic mass is 10.0. The minimum atomic E-state index is 0.0615.